The number of benzene rings is 1. The Labute approximate surface area is 108 Å². The molecule has 0 saturated carbocycles. The molecular weight excluding hydrogens is 243 g/mol. The summed E-state index contributed by atoms with van der Waals surface area (Å²) in [6.45, 7) is 6.45. The quantitative estimate of drug-likeness (QED) is 0.688. The summed E-state index contributed by atoms with van der Waals surface area (Å²) >= 11 is 12.5. The number of ether oxygens (including phenoxy) is 1. The first-order chi connectivity index (χ1) is 7.42. The van der Waals surface area contributed by atoms with Gasteiger partial charge >= 0.3 is 0 Å². The van der Waals surface area contributed by atoms with Crippen molar-refractivity contribution in [3.8, 4) is 5.75 Å². The minimum absolute atomic E-state index is 0.0408. The standard InChI is InChI=1S/C13H18Cl2O/c1-5-13(2,3)12(15)9-6-7-11(16-4)10(14)8-9/h6-8,12H,5H2,1-4H3. The van der Waals surface area contributed by atoms with E-state index in [-0.39, 0.29) is 10.8 Å². The van der Waals surface area contributed by atoms with Crippen LogP contribution in [0.25, 0.3) is 0 Å². The first kappa shape index (κ1) is 13.7. The molecule has 0 saturated heterocycles. The third-order valence-electron chi connectivity index (χ3n) is 3.07. The molecule has 0 amide bonds. The molecule has 1 nitrogen and oxygen atoms in total. The lowest BCUT2D eigenvalue weighted by molar-refractivity contribution is 0.336. The molecule has 0 spiro atoms. The highest BCUT2D eigenvalue weighted by Crippen LogP contribution is 2.42. The van der Waals surface area contributed by atoms with E-state index in [2.05, 4.69) is 20.8 Å². The summed E-state index contributed by atoms with van der Waals surface area (Å²) in [5, 5.41) is 0.568. The minimum Gasteiger partial charge on any atom is -0.495 e. The zero-order chi connectivity index (χ0) is 12.3. The third kappa shape index (κ3) is 2.83. The van der Waals surface area contributed by atoms with Crippen LogP contribution in [0.15, 0.2) is 18.2 Å². The largest absolute Gasteiger partial charge is 0.495 e. The Morgan fingerprint density at radius 1 is 1.38 bits per heavy atom. The van der Waals surface area contributed by atoms with Crippen molar-refractivity contribution in [3.05, 3.63) is 28.8 Å². The van der Waals surface area contributed by atoms with Crippen molar-refractivity contribution in [2.45, 2.75) is 32.6 Å². The normalized spacial score (nSPS) is 13.6. The number of halogens is 2. The fourth-order valence-electron chi connectivity index (χ4n) is 1.47. The lowest BCUT2D eigenvalue weighted by atomic mass is 9.83. The van der Waals surface area contributed by atoms with Gasteiger partial charge in [0.2, 0.25) is 0 Å². The summed E-state index contributed by atoms with van der Waals surface area (Å²) in [5.41, 5.74) is 1.10. The maximum absolute atomic E-state index is 6.47. The maximum atomic E-state index is 6.47. The van der Waals surface area contributed by atoms with Crippen molar-refractivity contribution in [2.24, 2.45) is 5.41 Å². The third-order valence-corrected chi connectivity index (χ3v) is 4.20. The second-order valence-electron chi connectivity index (χ2n) is 4.60. The lowest BCUT2D eigenvalue weighted by Crippen LogP contribution is -2.16. The van der Waals surface area contributed by atoms with Crippen LogP contribution in [0.2, 0.25) is 5.02 Å². The van der Waals surface area contributed by atoms with Crippen molar-refractivity contribution < 1.29 is 4.74 Å². The second-order valence-corrected chi connectivity index (χ2v) is 5.44. The summed E-state index contributed by atoms with van der Waals surface area (Å²) in [7, 11) is 1.61. The summed E-state index contributed by atoms with van der Waals surface area (Å²) < 4.78 is 5.12. The van der Waals surface area contributed by atoms with Crippen LogP contribution < -0.4 is 4.74 Å². The topological polar surface area (TPSA) is 9.23 Å². The van der Waals surface area contributed by atoms with E-state index in [0.717, 1.165) is 12.0 Å². The molecule has 16 heavy (non-hydrogen) atoms. The molecule has 90 valence electrons. The van der Waals surface area contributed by atoms with Gasteiger partial charge < -0.3 is 4.74 Å². The molecule has 0 bridgehead atoms. The zero-order valence-corrected chi connectivity index (χ0v) is 11.7. The molecule has 0 aromatic heterocycles. The lowest BCUT2D eigenvalue weighted by Gasteiger charge is -2.29. The molecule has 0 heterocycles. The molecule has 0 aliphatic rings. The molecule has 1 atom stereocenters. The Morgan fingerprint density at radius 2 is 2.00 bits per heavy atom. The highest BCUT2D eigenvalue weighted by molar-refractivity contribution is 6.32. The molecule has 0 N–H and O–H groups in total. The monoisotopic (exact) mass is 260 g/mol. The van der Waals surface area contributed by atoms with Gasteiger partial charge in [-0.25, -0.2) is 0 Å². The number of hydrogen-bond acceptors (Lipinski definition) is 1. The van der Waals surface area contributed by atoms with E-state index in [1.165, 1.54) is 0 Å². The predicted octanol–water partition coefficient (Wildman–Crippen LogP) is 5.06. The van der Waals surface area contributed by atoms with E-state index >= 15 is 0 Å². The predicted molar refractivity (Wildman–Crippen MR) is 70.7 cm³/mol. The van der Waals surface area contributed by atoms with Gasteiger partial charge in [-0.15, -0.1) is 11.6 Å². The fourth-order valence-corrected chi connectivity index (χ4v) is 2.03. The molecule has 3 heteroatoms. The van der Waals surface area contributed by atoms with Crippen LogP contribution >= 0.6 is 23.2 Å². The number of methoxy groups -OCH3 is 1. The van der Waals surface area contributed by atoms with Gasteiger partial charge in [0.1, 0.15) is 5.75 Å². The average Bonchev–Trinajstić information content (AvgIpc) is 2.27. The van der Waals surface area contributed by atoms with E-state index in [1.54, 1.807) is 7.11 Å². The number of alkyl halides is 1. The second kappa shape index (κ2) is 5.29. The van der Waals surface area contributed by atoms with Crippen molar-refractivity contribution in [1.29, 1.82) is 0 Å². The van der Waals surface area contributed by atoms with Crippen molar-refractivity contribution in [3.63, 3.8) is 0 Å². The van der Waals surface area contributed by atoms with Gasteiger partial charge in [-0.05, 0) is 29.5 Å². The van der Waals surface area contributed by atoms with Crippen molar-refractivity contribution in [2.75, 3.05) is 7.11 Å². The molecule has 1 rings (SSSR count). The highest BCUT2D eigenvalue weighted by atomic mass is 35.5. The van der Waals surface area contributed by atoms with Crippen LogP contribution in [0.3, 0.4) is 0 Å². The summed E-state index contributed by atoms with van der Waals surface area (Å²) in [4.78, 5) is 0. The summed E-state index contributed by atoms with van der Waals surface area (Å²) in [5.74, 6) is 0.684. The van der Waals surface area contributed by atoms with Gasteiger partial charge in [-0.3, -0.25) is 0 Å². The first-order valence-electron chi connectivity index (χ1n) is 5.40. The Hall–Kier alpha value is -0.400. The van der Waals surface area contributed by atoms with Crippen LogP contribution in [-0.2, 0) is 0 Å². The highest BCUT2D eigenvalue weighted by Gasteiger charge is 2.27. The molecule has 1 unspecified atom stereocenters. The van der Waals surface area contributed by atoms with Crippen molar-refractivity contribution >= 4 is 23.2 Å². The average molecular weight is 261 g/mol. The Balaban J connectivity index is 3.02. The SMILES string of the molecule is CCC(C)(C)C(Cl)c1ccc(OC)c(Cl)c1. The number of rotatable bonds is 4. The van der Waals surface area contributed by atoms with Crippen LogP contribution in [-0.4, -0.2) is 7.11 Å². The molecule has 1 aromatic rings. The van der Waals surface area contributed by atoms with Crippen LogP contribution in [0.5, 0.6) is 5.75 Å². The number of hydrogen-bond donors (Lipinski definition) is 0. The van der Waals surface area contributed by atoms with Gasteiger partial charge in [0.25, 0.3) is 0 Å². The van der Waals surface area contributed by atoms with Gasteiger partial charge in [0.05, 0.1) is 17.5 Å². The van der Waals surface area contributed by atoms with Crippen molar-refractivity contribution in [1.82, 2.24) is 0 Å². The molecular formula is C13H18Cl2O. The zero-order valence-electron chi connectivity index (χ0n) is 10.2. The van der Waals surface area contributed by atoms with Gasteiger partial charge in [0.15, 0.2) is 0 Å². The smallest absolute Gasteiger partial charge is 0.137 e. The minimum atomic E-state index is -0.0408. The Kier molecular flexibility index (Phi) is 4.52. The molecule has 0 aliphatic carbocycles. The van der Waals surface area contributed by atoms with E-state index in [1.807, 2.05) is 18.2 Å². The summed E-state index contributed by atoms with van der Waals surface area (Å²) in [6, 6.07) is 5.72. The Morgan fingerprint density at radius 3 is 2.44 bits per heavy atom. The molecule has 0 aliphatic heterocycles. The van der Waals surface area contributed by atoms with Crippen LogP contribution in [0, 0.1) is 5.41 Å². The van der Waals surface area contributed by atoms with E-state index < -0.39 is 0 Å². The van der Waals surface area contributed by atoms with Gasteiger partial charge in [-0.2, -0.15) is 0 Å². The molecule has 1 aromatic carbocycles. The Bertz CT molecular complexity index is 361. The van der Waals surface area contributed by atoms with E-state index in [4.69, 9.17) is 27.9 Å². The molecule has 0 radical (unpaired) electrons. The van der Waals surface area contributed by atoms with E-state index in [0.29, 0.717) is 10.8 Å². The van der Waals surface area contributed by atoms with E-state index in [9.17, 15) is 0 Å². The van der Waals surface area contributed by atoms with Crippen LogP contribution in [0.1, 0.15) is 38.1 Å². The fraction of sp³-hybridized carbons (Fsp3) is 0.538. The first-order valence-corrected chi connectivity index (χ1v) is 6.21. The molecule has 0 fully saturated rings. The van der Waals surface area contributed by atoms with Gasteiger partial charge in [-0.1, -0.05) is 38.4 Å². The van der Waals surface area contributed by atoms with Gasteiger partial charge in [0, 0.05) is 0 Å². The maximum Gasteiger partial charge on any atom is 0.137 e. The summed E-state index contributed by atoms with van der Waals surface area (Å²) in [6.07, 6.45) is 1.02. The van der Waals surface area contributed by atoms with Crippen LogP contribution in [0.4, 0.5) is 0 Å².